The molecule has 3 rings (SSSR count). The van der Waals surface area contributed by atoms with E-state index in [1.165, 1.54) is 11.3 Å². The van der Waals surface area contributed by atoms with E-state index in [0.717, 1.165) is 24.2 Å². The molecule has 2 heterocycles. The number of halogens is 2. The second-order valence-corrected chi connectivity index (χ2v) is 8.13. The number of nitrogens with one attached hydrogen (secondary N) is 1. The first-order valence-corrected chi connectivity index (χ1v) is 8.74. The highest BCUT2D eigenvalue weighted by Crippen LogP contribution is 2.36. The summed E-state index contributed by atoms with van der Waals surface area (Å²) in [6.07, 6.45) is 1.74. The third-order valence-electron chi connectivity index (χ3n) is 3.11. The van der Waals surface area contributed by atoms with E-state index in [1.807, 2.05) is 31.2 Å². The molecule has 108 valence electrons. The summed E-state index contributed by atoms with van der Waals surface area (Å²) in [5, 5.41) is 0.832. The van der Waals surface area contributed by atoms with Crippen LogP contribution >= 0.6 is 43.2 Å². The maximum atomic E-state index is 12.8. The molecular weight excluding hydrogens is 418 g/mol. The van der Waals surface area contributed by atoms with E-state index < -0.39 is 0 Å². The molecule has 6 heteroatoms. The number of H-pyrrole nitrogens is 1. The van der Waals surface area contributed by atoms with E-state index in [2.05, 4.69) is 36.8 Å². The molecule has 0 bridgehead atoms. The molecule has 0 atom stereocenters. The number of hydrogen-bond donors (Lipinski definition) is 1. The van der Waals surface area contributed by atoms with E-state index >= 15 is 0 Å². The fourth-order valence-corrected chi connectivity index (χ4v) is 5.04. The Kier molecular flexibility index (Phi) is 4.19. The summed E-state index contributed by atoms with van der Waals surface area (Å²) in [5.74, 6) is 0.701. The van der Waals surface area contributed by atoms with Gasteiger partial charge in [0.15, 0.2) is 5.78 Å². The predicted octanol–water partition coefficient (Wildman–Crippen LogP) is 5.38. The number of hydrogen-bond acceptors (Lipinski definition) is 3. The van der Waals surface area contributed by atoms with Crippen LogP contribution in [0, 0.1) is 0 Å². The molecule has 0 saturated heterocycles. The van der Waals surface area contributed by atoms with Crippen LogP contribution in [0.4, 0.5) is 0 Å². The van der Waals surface area contributed by atoms with Crippen molar-refractivity contribution in [1.29, 1.82) is 0 Å². The van der Waals surface area contributed by atoms with Crippen molar-refractivity contribution in [2.24, 2.45) is 0 Å². The minimum atomic E-state index is -0.0257. The number of carbonyl (C=O) groups excluding carboxylic acids is 1. The Labute approximate surface area is 142 Å². The van der Waals surface area contributed by atoms with E-state index in [-0.39, 0.29) is 5.78 Å². The van der Waals surface area contributed by atoms with Gasteiger partial charge < -0.3 is 9.72 Å². The molecule has 1 aromatic carbocycles. The quantitative estimate of drug-likeness (QED) is 0.566. The fraction of sp³-hybridized carbons (Fsp3) is 0.133. The van der Waals surface area contributed by atoms with Gasteiger partial charge in [0.05, 0.1) is 25.1 Å². The zero-order valence-corrected chi connectivity index (χ0v) is 15.1. The standard InChI is InChI=1S/C15H11Br2NO2S/c1-2-20-11-5-3-4-10-13(11)9(7-18-10)14(19)8-6-12(16)21-15(8)17/h3-7,18H,2H2,1H3. The number of carbonyl (C=O) groups is 1. The van der Waals surface area contributed by atoms with Gasteiger partial charge in [-0.25, -0.2) is 0 Å². The number of ketones is 1. The van der Waals surface area contributed by atoms with Crippen molar-refractivity contribution in [3.63, 3.8) is 0 Å². The van der Waals surface area contributed by atoms with Crippen LogP contribution in [0.2, 0.25) is 0 Å². The third kappa shape index (κ3) is 2.67. The molecule has 0 aliphatic heterocycles. The Balaban J connectivity index is 2.16. The first kappa shape index (κ1) is 14.8. The van der Waals surface area contributed by atoms with Gasteiger partial charge in [-0.1, -0.05) is 6.07 Å². The molecule has 2 aromatic heterocycles. The summed E-state index contributed by atoms with van der Waals surface area (Å²) in [5.41, 5.74) is 2.17. The molecule has 0 saturated carbocycles. The highest BCUT2D eigenvalue weighted by atomic mass is 79.9. The van der Waals surface area contributed by atoms with Gasteiger partial charge in [-0.05, 0) is 57.0 Å². The van der Waals surface area contributed by atoms with Crippen LogP contribution in [-0.2, 0) is 0 Å². The number of aromatic amines is 1. The van der Waals surface area contributed by atoms with Gasteiger partial charge in [0.25, 0.3) is 0 Å². The molecular formula is C15H11Br2NO2S. The van der Waals surface area contributed by atoms with Gasteiger partial charge in [0, 0.05) is 17.3 Å². The summed E-state index contributed by atoms with van der Waals surface area (Å²) in [6, 6.07) is 7.57. The maximum absolute atomic E-state index is 12.8. The molecule has 1 N–H and O–H groups in total. The van der Waals surface area contributed by atoms with Crippen molar-refractivity contribution < 1.29 is 9.53 Å². The number of fused-ring (bicyclic) bond motifs is 1. The zero-order chi connectivity index (χ0) is 15.0. The Morgan fingerprint density at radius 3 is 2.81 bits per heavy atom. The summed E-state index contributed by atoms with van der Waals surface area (Å²) < 4.78 is 7.39. The van der Waals surface area contributed by atoms with Crippen LogP contribution in [0.3, 0.4) is 0 Å². The number of rotatable bonds is 4. The second kappa shape index (κ2) is 5.94. The smallest absolute Gasteiger partial charge is 0.197 e. The minimum Gasteiger partial charge on any atom is -0.493 e. The molecule has 0 amide bonds. The Bertz CT molecular complexity index is 822. The lowest BCUT2D eigenvalue weighted by Crippen LogP contribution is -2.01. The molecule has 0 aliphatic carbocycles. The van der Waals surface area contributed by atoms with Crippen molar-refractivity contribution in [1.82, 2.24) is 4.98 Å². The van der Waals surface area contributed by atoms with Gasteiger partial charge in [0.2, 0.25) is 0 Å². The minimum absolute atomic E-state index is 0.0257. The normalized spacial score (nSPS) is 11.0. The van der Waals surface area contributed by atoms with Crippen molar-refractivity contribution in [2.75, 3.05) is 6.61 Å². The average Bonchev–Trinajstić information content (AvgIpc) is 3.02. The van der Waals surface area contributed by atoms with E-state index in [4.69, 9.17) is 4.74 Å². The first-order chi connectivity index (χ1) is 10.1. The van der Waals surface area contributed by atoms with Crippen LogP contribution in [0.5, 0.6) is 5.75 Å². The first-order valence-electron chi connectivity index (χ1n) is 6.34. The summed E-state index contributed by atoms with van der Waals surface area (Å²) >= 11 is 8.34. The number of ether oxygens (including phenoxy) is 1. The molecule has 0 radical (unpaired) electrons. The molecule has 0 unspecified atom stereocenters. The van der Waals surface area contributed by atoms with Crippen LogP contribution < -0.4 is 4.74 Å². The number of aromatic nitrogens is 1. The monoisotopic (exact) mass is 427 g/mol. The SMILES string of the molecule is CCOc1cccc2[nH]cc(C(=O)c3cc(Br)sc3Br)c12. The fourth-order valence-electron chi connectivity index (χ4n) is 2.25. The highest BCUT2D eigenvalue weighted by molar-refractivity contribution is 9.12. The van der Waals surface area contributed by atoms with Crippen LogP contribution in [0.1, 0.15) is 22.8 Å². The van der Waals surface area contributed by atoms with Crippen LogP contribution in [0.25, 0.3) is 10.9 Å². The third-order valence-corrected chi connectivity index (χ3v) is 5.45. The van der Waals surface area contributed by atoms with Gasteiger partial charge in [-0.3, -0.25) is 4.79 Å². The van der Waals surface area contributed by atoms with Crippen LogP contribution in [-0.4, -0.2) is 17.4 Å². The van der Waals surface area contributed by atoms with Gasteiger partial charge in [-0.2, -0.15) is 0 Å². The van der Waals surface area contributed by atoms with Crippen molar-refractivity contribution in [3.8, 4) is 5.75 Å². The lowest BCUT2D eigenvalue weighted by molar-refractivity contribution is 0.104. The molecule has 21 heavy (non-hydrogen) atoms. The lowest BCUT2D eigenvalue weighted by Gasteiger charge is -2.06. The lowest BCUT2D eigenvalue weighted by atomic mass is 10.0. The Morgan fingerprint density at radius 2 is 2.14 bits per heavy atom. The predicted molar refractivity (Wildman–Crippen MR) is 92.6 cm³/mol. The average molecular weight is 429 g/mol. The van der Waals surface area contributed by atoms with Gasteiger partial charge in [0.1, 0.15) is 5.75 Å². The van der Waals surface area contributed by atoms with Gasteiger partial charge in [-0.15, -0.1) is 11.3 Å². The molecule has 0 aliphatic rings. The molecule has 0 spiro atoms. The van der Waals surface area contributed by atoms with Crippen molar-refractivity contribution in [3.05, 3.63) is 49.2 Å². The Hall–Kier alpha value is -1.11. The van der Waals surface area contributed by atoms with Crippen molar-refractivity contribution in [2.45, 2.75) is 6.92 Å². The van der Waals surface area contributed by atoms with E-state index in [9.17, 15) is 4.79 Å². The Morgan fingerprint density at radius 1 is 1.33 bits per heavy atom. The largest absolute Gasteiger partial charge is 0.493 e. The molecule has 0 fully saturated rings. The summed E-state index contributed by atoms with van der Waals surface area (Å²) in [7, 11) is 0. The van der Waals surface area contributed by atoms with E-state index in [0.29, 0.717) is 17.7 Å². The van der Waals surface area contributed by atoms with Crippen LogP contribution in [0.15, 0.2) is 38.0 Å². The topological polar surface area (TPSA) is 42.1 Å². The van der Waals surface area contributed by atoms with E-state index in [1.54, 1.807) is 6.20 Å². The maximum Gasteiger partial charge on any atom is 0.197 e. The van der Waals surface area contributed by atoms with Crippen molar-refractivity contribution >= 4 is 59.9 Å². The summed E-state index contributed by atoms with van der Waals surface area (Å²) in [6.45, 7) is 2.49. The summed E-state index contributed by atoms with van der Waals surface area (Å²) in [4.78, 5) is 15.9. The second-order valence-electron chi connectivity index (χ2n) is 4.38. The zero-order valence-electron chi connectivity index (χ0n) is 11.1. The number of thiophene rings is 1. The molecule has 3 aromatic rings. The highest BCUT2D eigenvalue weighted by Gasteiger charge is 2.21. The molecule has 3 nitrogen and oxygen atoms in total. The number of benzene rings is 1. The van der Waals surface area contributed by atoms with Gasteiger partial charge >= 0.3 is 0 Å².